The highest BCUT2D eigenvalue weighted by atomic mass is 32.2. The molecule has 0 spiro atoms. The first kappa shape index (κ1) is 14.1. The van der Waals surface area contributed by atoms with Gasteiger partial charge in [0.25, 0.3) is 0 Å². The van der Waals surface area contributed by atoms with Gasteiger partial charge in [-0.3, -0.25) is 0 Å². The third-order valence-electron chi connectivity index (χ3n) is 2.88. The number of rotatable bonds is 7. The van der Waals surface area contributed by atoms with E-state index in [2.05, 4.69) is 30.3 Å². The van der Waals surface area contributed by atoms with Gasteiger partial charge in [0.15, 0.2) is 0 Å². The number of hydrogen-bond acceptors (Lipinski definition) is 3. The zero-order valence-corrected chi connectivity index (χ0v) is 11.2. The maximum Gasteiger partial charge on any atom is 0.104 e. The van der Waals surface area contributed by atoms with Crippen molar-refractivity contribution in [2.45, 2.75) is 37.5 Å². The van der Waals surface area contributed by atoms with E-state index in [1.807, 2.05) is 24.8 Å². The third kappa shape index (κ3) is 5.25. The number of nitrogens with zero attached hydrogens (tertiary/aromatic N) is 1. The minimum atomic E-state index is -0.618. The molecule has 0 aliphatic rings. The molecule has 0 heterocycles. The molecule has 2 nitrogen and oxygen atoms in total. The minimum Gasteiger partial charge on any atom is -0.313 e. The molecule has 1 aromatic carbocycles. The summed E-state index contributed by atoms with van der Waals surface area (Å²) in [4.78, 5) is 0. The fourth-order valence-corrected chi connectivity index (χ4v) is 2.49. The number of hydrogen-bond donors (Lipinski definition) is 1. The Morgan fingerprint density at radius 2 is 2.06 bits per heavy atom. The maximum absolute atomic E-state index is 8.94. The Labute approximate surface area is 108 Å². The molecule has 92 valence electrons. The van der Waals surface area contributed by atoms with Crippen LogP contribution in [0.15, 0.2) is 30.3 Å². The smallest absolute Gasteiger partial charge is 0.104 e. The van der Waals surface area contributed by atoms with Crippen molar-refractivity contribution >= 4 is 11.8 Å². The van der Waals surface area contributed by atoms with Crippen molar-refractivity contribution in [1.82, 2.24) is 0 Å². The van der Waals surface area contributed by atoms with Crippen LogP contribution in [-0.4, -0.2) is 11.3 Å². The van der Waals surface area contributed by atoms with E-state index in [0.717, 1.165) is 30.8 Å². The van der Waals surface area contributed by atoms with Gasteiger partial charge in [-0.1, -0.05) is 37.3 Å². The van der Waals surface area contributed by atoms with Crippen LogP contribution in [0.1, 0.15) is 31.7 Å². The highest BCUT2D eigenvalue weighted by Gasteiger charge is 2.20. The zero-order chi connectivity index (χ0) is 12.6. The van der Waals surface area contributed by atoms with Crippen molar-refractivity contribution < 1.29 is 0 Å². The van der Waals surface area contributed by atoms with E-state index in [1.54, 1.807) is 0 Å². The third-order valence-corrected chi connectivity index (χ3v) is 3.99. The van der Waals surface area contributed by atoms with Gasteiger partial charge in [-0.2, -0.15) is 17.0 Å². The summed E-state index contributed by atoms with van der Waals surface area (Å²) in [5.74, 6) is 2.10. The van der Waals surface area contributed by atoms with Crippen LogP contribution < -0.4 is 5.73 Å². The Morgan fingerprint density at radius 3 is 2.65 bits per heavy atom. The van der Waals surface area contributed by atoms with Gasteiger partial charge in [0.1, 0.15) is 5.54 Å². The fourth-order valence-electron chi connectivity index (χ4n) is 1.57. The average molecular weight is 248 g/mol. The van der Waals surface area contributed by atoms with E-state index in [9.17, 15) is 0 Å². The predicted molar refractivity (Wildman–Crippen MR) is 74.7 cm³/mol. The largest absolute Gasteiger partial charge is 0.313 e. The first-order valence-corrected chi connectivity index (χ1v) is 7.17. The predicted octanol–water partition coefficient (Wildman–Crippen LogP) is 3.33. The molecule has 0 saturated carbocycles. The highest BCUT2D eigenvalue weighted by molar-refractivity contribution is 7.98. The Balaban J connectivity index is 2.16. The molecule has 2 N–H and O–H groups in total. The molecule has 0 aliphatic heterocycles. The van der Waals surface area contributed by atoms with Gasteiger partial charge in [0.05, 0.1) is 6.07 Å². The quantitative estimate of drug-likeness (QED) is 0.753. The number of thioether (sulfide) groups is 1. The number of benzene rings is 1. The van der Waals surface area contributed by atoms with Gasteiger partial charge in [-0.15, -0.1) is 0 Å². The van der Waals surface area contributed by atoms with Crippen LogP contribution in [0, 0.1) is 11.3 Å². The molecule has 0 bridgehead atoms. The summed E-state index contributed by atoms with van der Waals surface area (Å²) in [7, 11) is 0. The van der Waals surface area contributed by atoms with Crippen molar-refractivity contribution in [2.24, 2.45) is 5.73 Å². The second-order valence-electron chi connectivity index (χ2n) is 4.26. The van der Waals surface area contributed by atoms with E-state index in [0.29, 0.717) is 0 Å². The summed E-state index contributed by atoms with van der Waals surface area (Å²) in [6.45, 7) is 1.97. The van der Waals surface area contributed by atoms with Crippen molar-refractivity contribution in [3.63, 3.8) is 0 Å². The average Bonchev–Trinajstić information content (AvgIpc) is 2.39. The molecule has 3 heteroatoms. The van der Waals surface area contributed by atoms with Crippen molar-refractivity contribution in [1.29, 1.82) is 5.26 Å². The summed E-state index contributed by atoms with van der Waals surface area (Å²) < 4.78 is 0. The number of nitriles is 1. The molecule has 0 aliphatic carbocycles. The molecule has 0 aromatic heterocycles. The van der Waals surface area contributed by atoms with Gasteiger partial charge in [-0.05, 0) is 30.6 Å². The summed E-state index contributed by atoms with van der Waals surface area (Å²) in [5, 5.41) is 8.94. The lowest BCUT2D eigenvalue weighted by Crippen LogP contribution is -2.37. The van der Waals surface area contributed by atoms with Crippen LogP contribution in [0.4, 0.5) is 0 Å². The van der Waals surface area contributed by atoms with Gasteiger partial charge in [-0.25, -0.2) is 0 Å². The highest BCUT2D eigenvalue weighted by Crippen LogP contribution is 2.18. The zero-order valence-electron chi connectivity index (χ0n) is 10.4. The molecule has 17 heavy (non-hydrogen) atoms. The van der Waals surface area contributed by atoms with Crippen LogP contribution in [0.25, 0.3) is 0 Å². The van der Waals surface area contributed by atoms with E-state index in [-0.39, 0.29) is 0 Å². The lowest BCUT2D eigenvalue weighted by atomic mass is 9.94. The first-order valence-electron chi connectivity index (χ1n) is 6.02. The van der Waals surface area contributed by atoms with Crippen molar-refractivity contribution in [2.75, 3.05) is 5.75 Å². The first-order chi connectivity index (χ1) is 8.20. The molecular weight excluding hydrogens is 228 g/mol. The molecule has 0 fully saturated rings. The van der Waals surface area contributed by atoms with Crippen LogP contribution in [0.3, 0.4) is 0 Å². The SMILES string of the molecule is CCC(N)(C#N)CCCSCc1ccccc1. The molecule has 1 rings (SSSR count). The summed E-state index contributed by atoms with van der Waals surface area (Å²) in [6.07, 6.45) is 2.53. The van der Waals surface area contributed by atoms with Gasteiger partial charge < -0.3 is 5.73 Å². The monoisotopic (exact) mass is 248 g/mol. The van der Waals surface area contributed by atoms with E-state index in [1.165, 1.54) is 5.56 Å². The Hall–Kier alpha value is -0.980. The van der Waals surface area contributed by atoms with Gasteiger partial charge in [0, 0.05) is 5.75 Å². The molecule has 0 radical (unpaired) electrons. The van der Waals surface area contributed by atoms with E-state index in [4.69, 9.17) is 11.0 Å². The molecule has 1 unspecified atom stereocenters. The molecule has 0 saturated heterocycles. The second kappa shape index (κ2) is 7.37. The number of nitrogens with two attached hydrogens (primary N) is 1. The van der Waals surface area contributed by atoms with Gasteiger partial charge in [0.2, 0.25) is 0 Å². The van der Waals surface area contributed by atoms with Crippen molar-refractivity contribution in [3.05, 3.63) is 35.9 Å². The Bertz CT molecular complexity index is 358. The van der Waals surface area contributed by atoms with Crippen LogP contribution in [0.5, 0.6) is 0 Å². The summed E-state index contributed by atoms with van der Waals surface area (Å²) in [6, 6.07) is 12.6. The minimum absolute atomic E-state index is 0.618. The fraction of sp³-hybridized carbons (Fsp3) is 0.500. The lowest BCUT2D eigenvalue weighted by molar-refractivity contribution is 0.478. The lowest BCUT2D eigenvalue weighted by Gasteiger charge is -2.18. The second-order valence-corrected chi connectivity index (χ2v) is 5.37. The summed E-state index contributed by atoms with van der Waals surface area (Å²) in [5.41, 5.74) is 6.66. The van der Waals surface area contributed by atoms with E-state index < -0.39 is 5.54 Å². The molecule has 1 aromatic rings. The molecular formula is C14H20N2S. The maximum atomic E-state index is 8.94. The van der Waals surface area contributed by atoms with Crippen molar-refractivity contribution in [3.8, 4) is 6.07 Å². The molecule has 1 atom stereocenters. The van der Waals surface area contributed by atoms with E-state index >= 15 is 0 Å². The normalized spacial score (nSPS) is 13.9. The van der Waals surface area contributed by atoms with Crippen LogP contribution in [0.2, 0.25) is 0 Å². The topological polar surface area (TPSA) is 49.8 Å². The molecule has 0 amide bonds. The van der Waals surface area contributed by atoms with Gasteiger partial charge >= 0.3 is 0 Å². The van der Waals surface area contributed by atoms with Crippen LogP contribution in [-0.2, 0) is 5.75 Å². The Morgan fingerprint density at radius 1 is 1.35 bits per heavy atom. The standard InChI is InChI=1S/C14H20N2S/c1-2-14(16,12-15)9-6-10-17-11-13-7-4-3-5-8-13/h3-5,7-8H,2,6,9-11,16H2,1H3. The summed E-state index contributed by atoms with van der Waals surface area (Å²) >= 11 is 1.90. The Kier molecular flexibility index (Phi) is 6.10. The van der Waals surface area contributed by atoms with Crippen LogP contribution >= 0.6 is 11.8 Å².